The fourth-order valence-electron chi connectivity index (χ4n) is 3.56. The zero-order chi connectivity index (χ0) is 17.9. The Labute approximate surface area is 152 Å². The maximum absolute atomic E-state index is 12.9. The Morgan fingerprint density at radius 1 is 1.19 bits per heavy atom. The highest BCUT2D eigenvalue weighted by molar-refractivity contribution is 6.05. The highest BCUT2D eigenvalue weighted by Crippen LogP contribution is 2.27. The lowest BCUT2D eigenvalue weighted by molar-refractivity contribution is 0.102. The standard InChI is InChI=1S/C20H21N3O3/c24-19(18-7-2-1-6-17(18)14-8-9-21-13-14)22-15-4-3-5-16(12-15)23-10-11-26-20(23)25/h1-7,12,14,21H,8-11,13H2,(H,22,24)/t14-/m0/s1. The predicted molar refractivity (Wildman–Crippen MR) is 99.8 cm³/mol. The maximum atomic E-state index is 12.9. The van der Waals surface area contributed by atoms with Crippen molar-refractivity contribution in [2.75, 3.05) is 36.5 Å². The first-order valence-electron chi connectivity index (χ1n) is 8.88. The van der Waals surface area contributed by atoms with E-state index in [9.17, 15) is 9.59 Å². The Balaban J connectivity index is 1.55. The summed E-state index contributed by atoms with van der Waals surface area (Å²) >= 11 is 0. The molecule has 6 nitrogen and oxygen atoms in total. The molecule has 4 rings (SSSR count). The molecule has 0 bridgehead atoms. The molecule has 0 aromatic heterocycles. The summed E-state index contributed by atoms with van der Waals surface area (Å²) in [6.45, 7) is 2.79. The third kappa shape index (κ3) is 3.28. The zero-order valence-electron chi connectivity index (χ0n) is 14.4. The van der Waals surface area contributed by atoms with E-state index in [1.807, 2.05) is 42.5 Å². The summed E-state index contributed by atoms with van der Waals surface area (Å²) in [5.74, 6) is 0.233. The molecule has 2 aliphatic heterocycles. The lowest BCUT2D eigenvalue weighted by Crippen LogP contribution is -2.23. The minimum atomic E-state index is -0.354. The van der Waals surface area contributed by atoms with E-state index in [1.54, 1.807) is 11.0 Å². The SMILES string of the molecule is O=C(Nc1cccc(N2CCOC2=O)c1)c1ccccc1[C@H]1CCNC1. The second-order valence-electron chi connectivity index (χ2n) is 6.55. The van der Waals surface area contributed by atoms with Gasteiger partial charge in [-0.1, -0.05) is 24.3 Å². The largest absolute Gasteiger partial charge is 0.447 e. The molecule has 2 fully saturated rings. The number of nitrogens with one attached hydrogen (secondary N) is 2. The first-order chi connectivity index (χ1) is 12.7. The van der Waals surface area contributed by atoms with E-state index in [0.29, 0.717) is 30.3 Å². The van der Waals surface area contributed by atoms with Crippen LogP contribution < -0.4 is 15.5 Å². The fraction of sp³-hybridized carbons (Fsp3) is 0.300. The normalized spacial score (nSPS) is 19.5. The molecule has 0 aliphatic carbocycles. The van der Waals surface area contributed by atoms with Gasteiger partial charge in [-0.3, -0.25) is 9.69 Å². The van der Waals surface area contributed by atoms with E-state index in [2.05, 4.69) is 10.6 Å². The van der Waals surface area contributed by atoms with Crippen LogP contribution >= 0.6 is 0 Å². The highest BCUT2D eigenvalue weighted by Gasteiger charge is 2.24. The molecule has 0 spiro atoms. The molecule has 0 radical (unpaired) electrons. The quantitative estimate of drug-likeness (QED) is 0.888. The summed E-state index contributed by atoms with van der Waals surface area (Å²) in [6.07, 6.45) is 0.684. The number of amides is 2. The van der Waals surface area contributed by atoms with Crippen LogP contribution in [0.15, 0.2) is 48.5 Å². The molecule has 0 unspecified atom stereocenters. The average molecular weight is 351 g/mol. The molecule has 2 aromatic carbocycles. The summed E-state index contributed by atoms with van der Waals surface area (Å²) in [7, 11) is 0. The lowest BCUT2D eigenvalue weighted by Gasteiger charge is -2.16. The number of hydrogen-bond donors (Lipinski definition) is 2. The van der Waals surface area contributed by atoms with Crippen molar-refractivity contribution < 1.29 is 14.3 Å². The van der Waals surface area contributed by atoms with Crippen LogP contribution in [0.2, 0.25) is 0 Å². The number of benzene rings is 2. The summed E-state index contributed by atoms with van der Waals surface area (Å²) in [5, 5.41) is 6.31. The molecule has 26 heavy (non-hydrogen) atoms. The summed E-state index contributed by atoms with van der Waals surface area (Å²) in [4.78, 5) is 26.1. The first kappa shape index (κ1) is 16.6. The van der Waals surface area contributed by atoms with Crippen molar-refractivity contribution in [3.63, 3.8) is 0 Å². The van der Waals surface area contributed by atoms with E-state index >= 15 is 0 Å². The highest BCUT2D eigenvalue weighted by atomic mass is 16.6. The lowest BCUT2D eigenvalue weighted by atomic mass is 9.93. The van der Waals surface area contributed by atoms with Gasteiger partial charge in [0.1, 0.15) is 6.61 Å². The molecule has 2 heterocycles. The number of carbonyl (C=O) groups is 2. The molecule has 2 aliphatic rings. The van der Waals surface area contributed by atoms with Crippen LogP contribution in [-0.4, -0.2) is 38.2 Å². The van der Waals surface area contributed by atoms with Crippen LogP contribution in [0.1, 0.15) is 28.3 Å². The molecule has 0 saturated carbocycles. The van der Waals surface area contributed by atoms with E-state index in [4.69, 9.17) is 4.74 Å². The number of carbonyl (C=O) groups excluding carboxylic acids is 2. The Hall–Kier alpha value is -2.86. The average Bonchev–Trinajstić information content (AvgIpc) is 3.33. The summed E-state index contributed by atoms with van der Waals surface area (Å²) < 4.78 is 4.98. The Morgan fingerprint density at radius 3 is 2.85 bits per heavy atom. The number of hydrogen-bond acceptors (Lipinski definition) is 4. The summed E-state index contributed by atoms with van der Waals surface area (Å²) in [6, 6.07) is 15.0. The van der Waals surface area contributed by atoms with E-state index in [-0.39, 0.29) is 12.0 Å². The Kier molecular flexibility index (Phi) is 4.58. The van der Waals surface area contributed by atoms with Gasteiger partial charge in [-0.2, -0.15) is 0 Å². The van der Waals surface area contributed by atoms with Crippen molar-refractivity contribution in [2.45, 2.75) is 12.3 Å². The number of rotatable bonds is 4. The van der Waals surface area contributed by atoms with Gasteiger partial charge < -0.3 is 15.4 Å². The smallest absolute Gasteiger partial charge is 0.414 e. The summed E-state index contributed by atoms with van der Waals surface area (Å²) in [5.41, 5.74) is 3.16. The van der Waals surface area contributed by atoms with Crippen LogP contribution in [-0.2, 0) is 4.74 Å². The second kappa shape index (κ2) is 7.17. The van der Waals surface area contributed by atoms with Gasteiger partial charge in [0.2, 0.25) is 0 Å². The van der Waals surface area contributed by atoms with Gasteiger partial charge in [-0.25, -0.2) is 4.79 Å². The monoisotopic (exact) mass is 351 g/mol. The van der Waals surface area contributed by atoms with Crippen LogP contribution in [0.25, 0.3) is 0 Å². The number of ether oxygens (including phenoxy) is 1. The van der Waals surface area contributed by atoms with E-state index in [0.717, 1.165) is 30.8 Å². The predicted octanol–water partition coefficient (Wildman–Crippen LogP) is 2.97. The van der Waals surface area contributed by atoms with Crippen molar-refractivity contribution in [3.05, 3.63) is 59.7 Å². The molecular formula is C20H21N3O3. The Morgan fingerprint density at radius 2 is 2.08 bits per heavy atom. The van der Waals surface area contributed by atoms with Crippen molar-refractivity contribution in [1.82, 2.24) is 5.32 Å². The van der Waals surface area contributed by atoms with Crippen LogP contribution in [0, 0.1) is 0 Å². The van der Waals surface area contributed by atoms with Crippen molar-refractivity contribution in [1.29, 1.82) is 0 Å². The fourth-order valence-corrected chi connectivity index (χ4v) is 3.56. The van der Waals surface area contributed by atoms with Crippen molar-refractivity contribution in [2.24, 2.45) is 0 Å². The minimum Gasteiger partial charge on any atom is -0.447 e. The third-order valence-electron chi connectivity index (χ3n) is 4.88. The first-order valence-corrected chi connectivity index (χ1v) is 8.88. The van der Waals surface area contributed by atoms with Crippen molar-refractivity contribution >= 4 is 23.4 Å². The van der Waals surface area contributed by atoms with Crippen molar-refractivity contribution in [3.8, 4) is 0 Å². The van der Waals surface area contributed by atoms with Gasteiger partial charge in [0, 0.05) is 23.5 Å². The topological polar surface area (TPSA) is 70.7 Å². The molecule has 2 aromatic rings. The molecule has 2 saturated heterocycles. The molecule has 2 amide bonds. The van der Waals surface area contributed by atoms with Crippen LogP contribution in [0.4, 0.5) is 16.2 Å². The van der Waals surface area contributed by atoms with E-state index < -0.39 is 0 Å². The molecule has 134 valence electrons. The number of anilines is 2. The molecule has 2 N–H and O–H groups in total. The molecule has 1 atom stereocenters. The third-order valence-corrected chi connectivity index (χ3v) is 4.88. The second-order valence-corrected chi connectivity index (χ2v) is 6.55. The molecular weight excluding hydrogens is 330 g/mol. The van der Waals surface area contributed by atoms with Gasteiger partial charge in [0.25, 0.3) is 5.91 Å². The van der Waals surface area contributed by atoms with E-state index in [1.165, 1.54) is 0 Å². The number of cyclic esters (lactones) is 1. The van der Waals surface area contributed by atoms with Gasteiger partial charge in [0.05, 0.1) is 6.54 Å². The number of nitrogens with zero attached hydrogens (tertiary/aromatic N) is 1. The van der Waals surface area contributed by atoms with Gasteiger partial charge in [-0.15, -0.1) is 0 Å². The van der Waals surface area contributed by atoms with Crippen LogP contribution in [0.5, 0.6) is 0 Å². The van der Waals surface area contributed by atoms with Gasteiger partial charge >= 0.3 is 6.09 Å². The molecule has 6 heteroatoms. The van der Waals surface area contributed by atoms with Crippen LogP contribution in [0.3, 0.4) is 0 Å². The van der Waals surface area contributed by atoms with Gasteiger partial charge in [-0.05, 0) is 48.7 Å². The minimum absolute atomic E-state index is 0.131. The van der Waals surface area contributed by atoms with Gasteiger partial charge in [0.15, 0.2) is 0 Å². The Bertz CT molecular complexity index is 831. The zero-order valence-corrected chi connectivity index (χ0v) is 14.4. The maximum Gasteiger partial charge on any atom is 0.414 e.